The fraction of sp³-hybridized carbons (Fsp3) is 0.667. The van der Waals surface area contributed by atoms with Gasteiger partial charge in [-0.15, -0.1) is 0 Å². The summed E-state index contributed by atoms with van der Waals surface area (Å²) in [4.78, 5) is 20.9. The lowest BCUT2D eigenvalue weighted by Crippen LogP contribution is -2.55. The summed E-state index contributed by atoms with van der Waals surface area (Å²) in [7, 11) is 1.74. The van der Waals surface area contributed by atoms with Crippen LogP contribution in [0.2, 0.25) is 0 Å². The highest BCUT2D eigenvalue weighted by atomic mass is 16.5. The van der Waals surface area contributed by atoms with Gasteiger partial charge in [-0.05, 0) is 30.5 Å². The zero-order valence-electron chi connectivity index (χ0n) is 14.5. The summed E-state index contributed by atoms with van der Waals surface area (Å²) in [5, 5.41) is 3.19. The Hall–Kier alpha value is -1.66. The second-order valence-corrected chi connectivity index (χ2v) is 6.73. The molecule has 2 unspecified atom stereocenters. The zero-order valence-corrected chi connectivity index (χ0v) is 14.5. The average Bonchev–Trinajstić information content (AvgIpc) is 2.63. The number of ether oxygens (including phenoxy) is 1. The van der Waals surface area contributed by atoms with Crippen LogP contribution in [0.1, 0.15) is 31.2 Å². The number of nitrogens with zero attached hydrogens (tertiary/aromatic N) is 3. The molecule has 1 saturated carbocycles. The van der Waals surface area contributed by atoms with Gasteiger partial charge in [-0.1, -0.05) is 12.8 Å². The van der Waals surface area contributed by atoms with Gasteiger partial charge in [-0.3, -0.25) is 9.88 Å². The molecule has 1 N–H and O–H groups in total. The van der Waals surface area contributed by atoms with Crippen molar-refractivity contribution < 1.29 is 9.53 Å². The predicted molar refractivity (Wildman–Crippen MR) is 92.7 cm³/mol. The maximum absolute atomic E-state index is 12.5. The van der Waals surface area contributed by atoms with Crippen molar-refractivity contribution >= 4 is 6.03 Å². The molecular formula is C18H28N4O2. The first-order valence-electron chi connectivity index (χ1n) is 8.96. The number of methoxy groups -OCH3 is 1. The van der Waals surface area contributed by atoms with E-state index in [-0.39, 0.29) is 18.2 Å². The normalized spacial score (nSPS) is 25.5. The quantitative estimate of drug-likeness (QED) is 0.914. The Morgan fingerprint density at radius 1 is 1.21 bits per heavy atom. The summed E-state index contributed by atoms with van der Waals surface area (Å²) in [5.74, 6) is 0. The third kappa shape index (κ3) is 4.45. The number of carbonyl (C=O) groups excluding carboxylic acids is 1. The molecule has 0 aromatic carbocycles. The Balaban J connectivity index is 1.45. The molecule has 3 rings (SSSR count). The van der Waals surface area contributed by atoms with Crippen LogP contribution in [0.25, 0.3) is 0 Å². The van der Waals surface area contributed by atoms with Crippen molar-refractivity contribution in [3.05, 3.63) is 30.1 Å². The highest BCUT2D eigenvalue weighted by Crippen LogP contribution is 2.21. The van der Waals surface area contributed by atoms with E-state index in [9.17, 15) is 4.79 Å². The van der Waals surface area contributed by atoms with Gasteiger partial charge < -0.3 is 15.0 Å². The van der Waals surface area contributed by atoms with Crippen LogP contribution in [-0.4, -0.2) is 66.2 Å². The van der Waals surface area contributed by atoms with Crippen molar-refractivity contribution in [1.82, 2.24) is 20.1 Å². The predicted octanol–water partition coefficient (Wildman–Crippen LogP) is 1.87. The molecule has 1 aliphatic carbocycles. The van der Waals surface area contributed by atoms with E-state index in [2.05, 4.69) is 15.2 Å². The molecule has 0 radical (unpaired) electrons. The van der Waals surface area contributed by atoms with Crippen molar-refractivity contribution in [2.75, 3.05) is 33.3 Å². The minimum absolute atomic E-state index is 0.0625. The van der Waals surface area contributed by atoms with Crippen LogP contribution in [0.3, 0.4) is 0 Å². The lowest BCUT2D eigenvalue weighted by molar-refractivity contribution is 0.0416. The molecule has 2 atom stereocenters. The lowest BCUT2D eigenvalue weighted by atomic mass is 9.92. The van der Waals surface area contributed by atoms with Crippen LogP contribution in [0.15, 0.2) is 24.5 Å². The number of amides is 2. The van der Waals surface area contributed by atoms with Gasteiger partial charge in [0.05, 0.1) is 12.1 Å². The number of piperazine rings is 1. The fourth-order valence-electron chi connectivity index (χ4n) is 3.65. The van der Waals surface area contributed by atoms with Gasteiger partial charge in [-0.25, -0.2) is 4.79 Å². The monoisotopic (exact) mass is 332 g/mol. The number of hydrogen-bond acceptors (Lipinski definition) is 4. The third-order valence-corrected chi connectivity index (χ3v) is 5.13. The SMILES string of the molecule is COC1CCCCC1NC(=O)N1CCN(Cc2ccncc2)CC1. The van der Waals surface area contributed by atoms with E-state index in [1.165, 1.54) is 18.4 Å². The molecule has 0 bridgehead atoms. The number of hydrogen-bond donors (Lipinski definition) is 1. The van der Waals surface area contributed by atoms with E-state index >= 15 is 0 Å². The number of pyridine rings is 1. The number of rotatable bonds is 4. The van der Waals surface area contributed by atoms with Gasteiger partial charge in [0, 0.05) is 52.2 Å². The molecule has 24 heavy (non-hydrogen) atoms. The molecule has 2 heterocycles. The molecule has 1 aromatic rings. The zero-order chi connectivity index (χ0) is 16.8. The van der Waals surface area contributed by atoms with Crippen LogP contribution >= 0.6 is 0 Å². The molecule has 132 valence electrons. The lowest BCUT2D eigenvalue weighted by Gasteiger charge is -2.37. The van der Waals surface area contributed by atoms with Crippen molar-refractivity contribution in [3.63, 3.8) is 0 Å². The second kappa shape index (κ2) is 8.44. The molecular weight excluding hydrogens is 304 g/mol. The fourth-order valence-corrected chi connectivity index (χ4v) is 3.65. The molecule has 1 saturated heterocycles. The number of carbonyl (C=O) groups is 1. The second-order valence-electron chi connectivity index (χ2n) is 6.73. The van der Waals surface area contributed by atoms with Crippen LogP contribution < -0.4 is 5.32 Å². The van der Waals surface area contributed by atoms with E-state index in [1.54, 1.807) is 7.11 Å². The highest BCUT2D eigenvalue weighted by molar-refractivity contribution is 5.74. The molecule has 1 aliphatic heterocycles. The standard InChI is InChI=1S/C18H28N4O2/c1-24-17-5-3-2-4-16(17)20-18(23)22-12-10-21(11-13-22)14-15-6-8-19-9-7-15/h6-9,16-17H,2-5,10-14H2,1H3,(H,20,23). The third-order valence-electron chi connectivity index (χ3n) is 5.13. The van der Waals surface area contributed by atoms with Gasteiger partial charge >= 0.3 is 6.03 Å². The first-order valence-corrected chi connectivity index (χ1v) is 8.96. The molecule has 1 aromatic heterocycles. The summed E-state index contributed by atoms with van der Waals surface area (Å²) < 4.78 is 5.53. The molecule has 2 aliphatic rings. The smallest absolute Gasteiger partial charge is 0.317 e. The summed E-state index contributed by atoms with van der Waals surface area (Å²) in [6, 6.07) is 4.32. The van der Waals surface area contributed by atoms with Crippen LogP contribution in [-0.2, 0) is 11.3 Å². The Kier molecular flexibility index (Phi) is 6.04. The Morgan fingerprint density at radius 3 is 2.62 bits per heavy atom. The maximum atomic E-state index is 12.5. The minimum Gasteiger partial charge on any atom is -0.379 e. The van der Waals surface area contributed by atoms with Gasteiger partial charge in [0.2, 0.25) is 0 Å². The van der Waals surface area contributed by atoms with Gasteiger partial charge in [0.15, 0.2) is 0 Å². The van der Waals surface area contributed by atoms with Crippen molar-refractivity contribution in [1.29, 1.82) is 0 Å². The highest BCUT2D eigenvalue weighted by Gasteiger charge is 2.29. The van der Waals surface area contributed by atoms with E-state index in [0.29, 0.717) is 0 Å². The van der Waals surface area contributed by atoms with Crippen molar-refractivity contribution in [2.24, 2.45) is 0 Å². The number of urea groups is 1. The summed E-state index contributed by atoms with van der Waals surface area (Å²) in [6.07, 6.45) is 8.25. The van der Waals surface area contributed by atoms with E-state index in [1.807, 2.05) is 29.4 Å². The van der Waals surface area contributed by atoms with Crippen molar-refractivity contribution in [3.8, 4) is 0 Å². The Labute approximate surface area is 144 Å². The largest absolute Gasteiger partial charge is 0.379 e. The van der Waals surface area contributed by atoms with Gasteiger partial charge in [-0.2, -0.15) is 0 Å². The molecule has 6 heteroatoms. The van der Waals surface area contributed by atoms with Crippen LogP contribution in [0, 0.1) is 0 Å². The molecule has 2 amide bonds. The first-order chi connectivity index (χ1) is 11.8. The van der Waals surface area contributed by atoms with Gasteiger partial charge in [0.1, 0.15) is 0 Å². The Morgan fingerprint density at radius 2 is 1.92 bits per heavy atom. The summed E-state index contributed by atoms with van der Waals surface area (Å²) >= 11 is 0. The van der Waals surface area contributed by atoms with E-state index < -0.39 is 0 Å². The average molecular weight is 332 g/mol. The van der Waals surface area contributed by atoms with Gasteiger partial charge in [0.25, 0.3) is 0 Å². The summed E-state index contributed by atoms with van der Waals surface area (Å²) in [6.45, 7) is 4.30. The van der Waals surface area contributed by atoms with Crippen molar-refractivity contribution in [2.45, 2.75) is 44.4 Å². The topological polar surface area (TPSA) is 57.7 Å². The maximum Gasteiger partial charge on any atom is 0.317 e. The molecule has 0 spiro atoms. The Bertz CT molecular complexity index is 517. The van der Waals surface area contributed by atoms with Crippen LogP contribution in [0.4, 0.5) is 4.79 Å². The van der Waals surface area contributed by atoms with E-state index in [0.717, 1.165) is 45.6 Å². The number of nitrogens with one attached hydrogen (secondary N) is 1. The minimum atomic E-state index is 0.0625. The summed E-state index contributed by atoms with van der Waals surface area (Å²) in [5.41, 5.74) is 1.27. The van der Waals surface area contributed by atoms with Crippen LogP contribution in [0.5, 0.6) is 0 Å². The first kappa shape index (κ1) is 17.2. The molecule has 2 fully saturated rings. The molecule has 6 nitrogen and oxygen atoms in total. The van der Waals surface area contributed by atoms with E-state index in [4.69, 9.17) is 4.74 Å². The number of aromatic nitrogens is 1.